The Morgan fingerprint density at radius 3 is 2.22 bits per heavy atom. The monoisotopic (exact) mass is 517 g/mol. The predicted molar refractivity (Wildman–Crippen MR) is 138 cm³/mol. The highest BCUT2D eigenvalue weighted by molar-refractivity contribution is 6.42. The van der Waals surface area contributed by atoms with E-state index in [1.807, 2.05) is 49.4 Å². The van der Waals surface area contributed by atoms with Gasteiger partial charge in [-0.3, -0.25) is 14.6 Å². The van der Waals surface area contributed by atoms with E-state index >= 15 is 0 Å². The molecule has 0 bridgehead atoms. The van der Waals surface area contributed by atoms with Crippen molar-refractivity contribution in [2.45, 2.75) is 32.4 Å². The van der Waals surface area contributed by atoms with Gasteiger partial charge >= 0.3 is 0 Å². The summed E-state index contributed by atoms with van der Waals surface area (Å²) in [5.74, 6) is 0.177. The van der Waals surface area contributed by atoms with Gasteiger partial charge in [-0.25, -0.2) is 0 Å². The minimum Gasteiger partial charge on any atom is -0.334 e. The summed E-state index contributed by atoms with van der Waals surface area (Å²) in [4.78, 5) is 20.1. The van der Waals surface area contributed by atoms with E-state index in [2.05, 4.69) is 14.7 Å². The van der Waals surface area contributed by atoms with Crippen LogP contribution < -0.4 is 0 Å². The van der Waals surface area contributed by atoms with E-state index < -0.39 is 0 Å². The average Bonchev–Trinajstić information content (AvgIpc) is 3.20. The minimum atomic E-state index is 0. The van der Waals surface area contributed by atoms with Crippen molar-refractivity contribution in [2.75, 3.05) is 39.3 Å². The van der Waals surface area contributed by atoms with Crippen LogP contribution in [-0.4, -0.2) is 65.9 Å². The SMILES string of the molecule is Cc1ccc(C(=O)N2CCC[C@@H]2CN2CCN(Cc3ccc(Cl)c(Cl)c3)CC2)cc1.Cl.Cl. The number of carbonyl (C=O) groups excluding carboxylic acids is 1. The fraction of sp³-hybridized carbons (Fsp3) is 0.458. The molecule has 2 aromatic carbocycles. The molecule has 0 saturated carbocycles. The maximum absolute atomic E-state index is 13.0. The number of hydrogen-bond acceptors (Lipinski definition) is 3. The molecule has 0 aliphatic carbocycles. The number of nitrogens with zero attached hydrogens (tertiary/aromatic N) is 3. The second kappa shape index (κ2) is 12.5. The van der Waals surface area contributed by atoms with Crippen LogP contribution in [-0.2, 0) is 6.54 Å². The van der Waals surface area contributed by atoms with E-state index in [9.17, 15) is 4.79 Å². The highest BCUT2D eigenvalue weighted by atomic mass is 35.5. The molecule has 176 valence electrons. The lowest BCUT2D eigenvalue weighted by atomic mass is 10.1. The Balaban J connectivity index is 0.00000181. The van der Waals surface area contributed by atoms with Gasteiger partial charge in [-0.15, -0.1) is 24.8 Å². The molecule has 4 nitrogen and oxygen atoms in total. The molecule has 2 aliphatic heterocycles. The first kappa shape index (κ1) is 27.2. The number of halogens is 4. The smallest absolute Gasteiger partial charge is 0.254 e. The van der Waals surface area contributed by atoms with Gasteiger partial charge in [-0.2, -0.15) is 0 Å². The molecule has 0 aromatic heterocycles. The summed E-state index contributed by atoms with van der Waals surface area (Å²) >= 11 is 12.2. The van der Waals surface area contributed by atoms with Crippen LogP contribution in [0, 0.1) is 6.92 Å². The molecule has 2 heterocycles. The molecule has 0 radical (unpaired) electrons. The van der Waals surface area contributed by atoms with Gasteiger partial charge in [-0.1, -0.05) is 47.0 Å². The van der Waals surface area contributed by atoms with Gasteiger partial charge in [0.1, 0.15) is 0 Å². The number of hydrogen-bond donors (Lipinski definition) is 0. The molecule has 4 rings (SSSR count). The largest absolute Gasteiger partial charge is 0.334 e. The summed E-state index contributed by atoms with van der Waals surface area (Å²) in [6.45, 7) is 8.90. The van der Waals surface area contributed by atoms with Crippen LogP contribution in [0.2, 0.25) is 10.0 Å². The quantitative estimate of drug-likeness (QED) is 0.517. The standard InChI is InChI=1S/C24H29Cl2N3O.2ClH/c1-18-4-7-20(8-5-18)24(30)29-10-2-3-21(29)17-28-13-11-27(12-14-28)16-19-6-9-22(25)23(26)15-19;;/h4-9,15,21H,2-3,10-14,16-17H2,1H3;2*1H/t21-;;/m1../s1. The third-order valence-electron chi connectivity index (χ3n) is 6.26. The van der Waals surface area contributed by atoms with Crippen molar-refractivity contribution in [2.24, 2.45) is 0 Å². The third-order valence-corrected chi connectivity index (χ3v) is 7.00. The van der Waals surface area contributed by atoms with Crippen LogP contribution in [0.1, 0.15) is 34.3 Å². The Morgan fingerprint density at radius 1 is 0.906 bits per heavy atom. The van der Waals surface area contributed by atoms with Crippen molar-refractivity contribution in [1.82, 2.24) is 14.7 Å². The summed E-state index contributed by atoms with van der Waals surface area (Å²) in [5, 5.41) is 1.22. The topological polar surface area (TPSA) is 26.8 Å². The van der Waals surface area contributed by atoms with Crippen molar-refractivity contribution in [1.29, 1.82) is 0 Å². The van der Waals surface area contributed by atoms with Gasteiger partial charge in [-0.05, 0) is 49.6 Å². The van der Waals surface area contributed by atoms with E-state index in [0.29, 0.717) is 16.1 Å². The first-order chi connectivity index (χ1) is 14.5. The summed E-state index contributed by atoms with van der Waals surface area (Å²) in [6, 6.07) is 14.1. The van der Waals surface area contributed by atoms with Crippen LogP contribution in [0.15, 0.2) is 42.5 Å². The van der Waals surface area contributed by atoms with Crippen molar-refractivity contribution < 1.29 is 4.79 Å². The summed E-state index contributed by atoms with van der Waals surface area (Å²) in [6.07, 6.45) is 2.20. The molecule has 2 aliphatic rings. The van der Waals surface area contributed by atoms with Gasteiger partial charge < -0.3 is 4.90 Å². The van der Waals surface area contributed by atoms with Crippen LogP contribution >= 0.6 is 48.0 Å². The first-order valence-electron chi connectivity index (χ1n) is 10.8. The van der Waals surface area contributed by atoms with E-state index in [0.717, 1.165) is 64.2 Å². The second-order valence-electron chi connectivity index (χ2n) is 8.49. The molecule has 0 spiro atoms. The van der Waals surface area contributed by atoms with Crippen molar-refractivity contribution in [3.63, 3.8) is 0 Å². The normalized spacial score (nSPS) is 19.3. The molecule has 0 unspecified atom stereocenters. The Morgan fingerprint density at radius 2 is 1.56 bits per heavy atom. The number of amides is 1. The molecule has 2 saturated heterocycles. The van der Waals surface area contributed by atoms with E-state index in [1.165, 1.54) is 11.1 Å². The molecule has 32 heavy (non-hydrogen) atoms. The molecule has 2 fully saturated rings. The van der Waals surface area contributed by atoms with E-state index in [1.54, 1.807) is 0 Å². The van der Waals surface area contributed by atoms with Gasteiger partial charge in [0, 0.05) is 57.4 Å². The molecular weight excluding hydrogens is 488 g/mol. The van der Waals surface area contributed by atoms with Crippen LogP contribution in [0.25, 0.3) is 0 Å². The predicted octanol–water partition coefficient (Wildman–Crippen LogP) is 5.57. The maximum atomic E-state index is 13.0. The Labute approximate surface area is 213 Å². The second-order valence-corrected chi connectivity index (χ2v) is 9.30. The molecule has 0 N–H and O–H groups in total. The zero-order chi connectivity index (χ0) is 21.1. The zero-order valence-electron chi connectivity index (χ0n) is 18.3. The molecule has 2 aromatic rings. The lowest BCUT2D eigenvalue weighted by Gasteiger charge is -2.37. The first-order valence-corrected chi connectivity index (χ1v) is 11.5. The van der Waals surface area contributed by atoms with Crippen molar-refractivity contribution in [3.8, 4) is 0 Å². The zero-order valence-corrected chi connectivity index (χ0v) is 21.4. The maximum Gasteiger partial charge on any atom is 0.254 e. The van der Waals surface area contributed by atoms with Crippen molar-refractivity contribution >= 4 is 53.9 Å². The Hall–Kier alpha value is -1.01. The fourth-order valence-electron chi connectivity index (χ4n) is 4.48. The number of rotatable bonds is 5. The van der Waals surface area contributed by atoms with Gasteiger partial charge in [0.25, 0.3) is 5.91 Å². The Bertz CT molecular complexity index is 885. The lowest BCUT2D eigenvalue weighted by molar-refractivity contribution is 0.0647. The van der Waals surface area contributed by atoms with Gasteiger partial charge in [0.15, 0.2) is 0 Å². The van der Waals surface area contributed by atoms with Crippen LogP contribution in [0.3, 0.4) is 0 Å². The molecule has 1 amide bonds. The van der Waals surface area contributed by atoms with Gasteiger partial charge in [0.05, 0.1) is 10.0 Å². The summed E-state index contributed by atoms with van der Waals surface area (Å²) < 4.78 is 0. The van der Waals surface area contributed by atoms with Crippen molar-refractivity contribution in [3.05, 3.63) is 69.2 Å². The van der Waals surface area contributed by atoms with E-state index in [-0.39, 0.29) is 30.7 Å². The molecule has 1 atom stereocenters. The van der Waals surface area contributed by atoms with E-state index in [4.69, 9.17) is 23.2 Å². The Kier molecular flexibility index (Phi) is 10.6. The number of carbonyl (C=O) groups is 1. The van der Waals surface area contributed by atoms with Gasteiger partial charge in [0.2, 0.25) is 0 Å². The summed E-state index contributed by atoms with van der Waals surface area (Å²) in [5.41, 5.74) is 3.19. The number of likely N-dealkylation sites (tertiary alicyclic amines) is 1. The van der Waals surface area contributed by atoms with Crippen LogP contribution in [0.5, 0.6) is 0 Å². The third kappa shape index (κ3) is 6.75. The fourth-order valence-corrected chi connectivity index (χ4v) is 4.80. The minimum absolute atomic E-state index is 0. The number of piperazine rings is 1. The van der Waals surface area contributed by atoms with Crippen LogP contribution in [0.4, 0.5) is 0 Å². The average molecular weight is 519 g/mol. The highest BCUT2D eigenvalue weighted by Gasteiger charge is 2.31. The highest BCUT2D eigenvalue weighted by Crippen LogP contribution is 2.24. The molecular formula is C24H31Cl4N3O. The number of aryl methyl sites for hydroxylation is 1. The molecule has 8 heteroatoms. The number of benzene rings is 2. The summed E-state index contributed by atoms with van der Waals surface area (Å²) in [7, 11) is 0. The lowest BCUT2D eigenvalue weighted by Crippen LogP contribution is -2.50.